The number of hydrogen-bond acceptors (Lipinski definition) is 2. The van der Waals surface area contributed by atoms with Gasteiger partial charge in [0, 0.05) is 24.2 Å². The van der Waals surface area contributed by atoms with Crippen LogP contribution in [0.3, 0.4) is 0 Å². The summed E-state index contributed by atoms with van der Waals surface area (Å²) < 4.78 is 7.20. The van der Waals surface area contributed by atoms with Crippen LogP contribution in [0.4, 0.5) is 0 Å². The van der Waals surface area contributed by atoms with Crippen molar-refractivity contribution in [3.8, 4) is 11.3 Å². The van der Waals surface area contributed by atoms with Gasteiger partial charge in [0.2, 0.25) is 0 Å². The lowest BCUT2D eigenvalue weighted by Gasteiger charge is -1.96. The molecule has 0 unspecified atom stereocenters. The minimum absolute atomic E-state index is 0.860. The molecule has 0 bridgehead atoms. The number of furan rings is 1. The summed E-state index contributed by atoms with van der Waals surface area (Å²) in [6, 6.07) is 9.92. The van der Waals surface area contributed by atoms with Crippen molar-refractivity contribution < 1.29 is 4.42 Å². The summed E-state index contributed by atoms with van der Waals surface area (Å²) in [6.45, 7) is 0. The molecule has 3 aromatic rings. The van der Waals surface area contributed by atoms with Gasteiger partial charge >= 0.3 is 0 Å². The van der Waals surface area contributed by atoms with Gasteiger partial charge in [-0.25, -0.2) is 0 Å². The standard InChI is InChI=1S/C12H10N2O/c1-14-8-9-4-2-5-10(12(9)13-14)11-6-3-7-15-11/h2-8H,1H3. The molecule has 15 heavy (non-hydrogen) atoms. The Labute approximate surface area is 86.9 Å². The highest BCUT2D eigenvalue weighted by atomic mass is 16.3. The summed E-state index contributed by atoms with van der Waals surface area (Å²) >= 11 is 0. The molecule has 0 amide bonds. The molecule has 0 atom stereocenters. The lowest BCUT2D eigenvalue weighted by molar-refractivity contribution is 0.582. The number of hydrogen-bond donors (Lipinski definition) is 0. The zero-order chi connectivity index (χ0) is 10.3. The predicted octanol–water partition coefficient (Wildman–Crippen LogP) is 2.83. The third kappa shape index (κ3) is 1.24. The van der Waals surface area contributed by atoms with Gasteiger partial charge in [-0.1, -0.05) is 12.1 Å². The third-order valence-electron chi connectivity index (χ3n) is 2.44. The summed E-state index contributed by atoms with van der Waals surface area (Å²) in [6.07, 6.45) is 3.68. The summed E-state index contributed by atoms with van der Waals surface area (Å²) in [5.74, 6) is 0.860. The minimum Gasteiger partial charge on any atom is -0.464 e. The van der Waals surface area contributed by atoms with Crippen LogP contribution in [0.5, 0.6) is 0 Å². The maximum atomic E-state index is 5.39. The Morgan fingerprint density at radius 3 is 2.93 bits per heavy atom. The fourth-order valence-electron chi connectivity index (χ4n) is 1.80. The van der Waals surface area contributed by atoms with Gasteiger partial charge in [-0.2, -0.15) is 5.10 Å². The SMILES string of the molecule is Cn1cc2cccc(-c3ccco3)c2n1. The van der Waals surface area contributed by atoms with Gasteiger partial charge in [-0.15, -0.1) is 0 Å². The fraction of sp³-hybridized carbons (Fsp3) is 0.0833. The zero-order valence-corrected chi connectivity index (χ0v) is 8.34. The molecule has 2 aromatic heterocycles. The molecule has 0 aliphatic carbocycles. The highest BCUT2D eigenvalue weighted by molar-refractivity contribution is 5.91. The average Bonchev–Trinajstić information content (AvgIpc) is 2.82. The Balaban J connectivity index is 2.35. The maximum Gasteiger partial charge on any atom is 0.136 e. The van der Waals surface area contributed by atoms with Crippen molar-refractivity contribution in [1.29, 1.82) is 0 Å². The van der Waals surface area contributed by atoms with Crippen LogP contribution in [-0.2, 0) is 7.05 Å². The molecule has 3 rings (SSSR count). The van der Waals surface area contributed by atoms with Crippen LogP contribution >= 0.6 is 0 Å². The highest BCUT2D eigenvalue weighted by Gasteiger charge is 2.08. The number of aryl methyl sites for hydroxylation is 1. The summed E-state index contributed by atoms with van der Waals surface area (Å²) in [5, 5.41) is 5.56. The van der Waals surface area contributed by atoms with Crippen LogP contribution in [0.25, 0.3) is 22.2 Å². The quantitative estimate of drug-likeness (QED) is 0.602. The van der Waals surface area contributed by atoms with E-state index >= 15 is 0 Å². The normalized spacial score (nSPS) is 11.0. The first-order chi connectivity index (χ1) is 7.34. The largest absolute Gasteiger partial charge is 0.464 e. The van der Waals surface area contributed by atoms with Crippen LogP contribution in [0.1, 0.15) is 0 Å². The van der Waals surface area contributed by atoms with Gasteiger partial charge in [-0.05, 0) is 18.2 Å². The van der Waals surface area contributed by atoms with Gasteiger partial charge in [0.1, 0.15) is 11.3 Å². The molecular formula is C12H10N2O. The van der Waals surface area contributed by atoms with E-state index in [9.17, 15) is 0 Å². The summed E-state index contributed by atoms with van der Waals surface area (Å²) in [5.41, 5.74) is 2.02. The van der Waals surface area contributed by atoms with Gasteiger partial charge in [0.25, 0.3) is 0 Å². The minimum atomic E-state index is 0.860. The van der Waals surface area contributed by atoms with Crippen LogP contribution in [0, 0.1) is 0 Å². The van der Waals surface area contributed by atoms with Gasteiger partial charge in [0.05, 0.1) is 6.26 Å². The predicted molar refractivity (Wildman–Crippen MR) is 58.4 cm³/mol. The van der Waals surface area contributed by atoms with E-state index in [1.807, 2.05) is 42.2 Å². The van der Waals surface area contributed by atoms with E-state index in [4.69, 9.17) is 4.42 Å². The second kappa shape index (κ2) is 2.98. The van der Waals surface area contributed by atoms with Crippen molar-refractivity contribution in [3.63, 3.8) is 0 Å². The molecule has 0 saturated heterocycles. The van der Waals surface area contributed by atoms with Gasteiger partial charge in [-0.3, -0.25) is 4.68 Å². The van der Waals surface area contributed by atoms with E-state index in [1.165, 1.54) is 0 Å². The first-order valence-corrected chi connectivity index (χ1v) is 4.81. The molecule has 0 radical (unpaired) electrons. The molecule has 3 nitrogen and oxygen atoms in total. The van der Waals surface area contributed by atoms with E-state index in [0.717, 1.165) is 22.2 Å². The highest BCUT2D eigenvalue weighted by Crippen LogP contribution is 2.27. The van der Waals surface area contributed by atoms with Gasteiger partial charge < -0.3 is 4.42 Å². The van der Waals surface area contributed by atoms with Crippen molar-refractivity contribution in [2.75, 3.05) is 0 Å². The monoisotopic (exact) mass is 198 g/mol. The van der Waals surface area contributed by atoms with E-state index in [0.29, 0.717) is 0 Å². The van der Waals surface area contributed by atoms with Crippen LogP contribution in [0.2, 0.25) is 0 Å². The van der Waals surface area contributed by atoms with Crippen molar-refractivity contribution >= 4 is 10.9 Å². The number of fused-ring (bicyclic) bond motifs is 1. The zero-order valence-electron chi connectivity index (χ0n) is 8.34. The second-order valence-corrected chi connectivity index (χ2v) is 3.52. The maximum absolute atomic E-state index is 5.39. The average molecular weight is 198 g/mol. The van der Waals surface area contributed by atoms with Crippen LogP contribution < -0.4 is 0 Å². The Bertz CT molecular complexity index is 593. The fourth-order valence-corrected chi connectivity index (χ4v) is 1.80. The Kier molecular flexibility index (Phi) is 1.65. The third-order valence-corrected chi connectivity index (χ3v) is 2.44. The van der Waals surface area contributed by atoms with Crippen molar-refractivity contribution in [1.82, 2.24) is 9.78 Å². The molecule has 0 spiro atoms. The molecule has 3 heteroatoms. The van der Waals surface area contributed by atoms with Crippen molar-refractivity contribution in [2.45, 2.75) is 0 Å². The lowest BCUT2D eigenvalue weighted by Crippen LogP contribution is -1.86. The molecule has 0 N–H and O–H groups in total. The Morgan fingerprint density at radius 1 is 1.20 bits per heavy atom. The van der Waals surface area contributed by atoms with E-state index < -0.39 is 0 Å². The molecule has 74 valence electrons. The Hall–Kier alpha value is -2.03. The van der Waals surface area contributed by atoms with E-state index in [1.54, 1.807) is 6.26 Å². The molecule has 0 aliphatic heterocycles. The molecule has 0 saturated carbocycles. The number of nitrogens with zero attached hydrogens (tertiary/aromatic N) is 2. The number of rotatable bonds is 1. The Morgan fingerprint density at radius 2 is 2.13 bits per heavy atom. The first kappa shape index (κ1) is 8.29. The van der Waals surface area contributed by atoms with Crippen LogP contribution in [-0.4, -0.2) is 9.78 Å². The smallest absolute Gasteiger partial charge is 0.136 e. The van der Waals surface area contributed by atoms with E-state index in [2.05, 4.69) is 11.2 Å². The molecule has 0 fully saturated rings. The molecule has 2 heterocycles. The molecular weight excluding hydrogens is 188 g/mol. The second-order valence-electron chi connectivity index (χ2n) is 3.52. The summed E-state index contributed by atoms with van der Waals surface area (Å²) in [7, 11) is 1.92. The van der Waals surface area contributed by atoms with Crippen molar-refractivity contribution in [3.05, 3.63) is 42.8 Å². The molecule has 0 aliphatic rings. The number of benzene rings is 1. The van der Waals surface area contributed by atoms with E-state index in [-0.39, 0.29) is 0 Å². The van der Waals surface area contributed by atoms with Crippen LogP contribution in [0.15, 0.2) is 47.2 Å². The van der Waals surface area contributed by atoms with Gasteiger partial charge in [0.15, 0.2) is 0 Å². The van der Waals surface area contributed by atoms with Crippen molar-refractivity contribution in [2.24, 2.45) is 7.05 Å². The first-order valence-electron chi connectivity index (χ1n) is 4.81. The number of aromatic nitrogens is 2. The lowest BCUT2D eigenvalue weighted by atomic mass is 10.1. The summed E-state index contributed by atoms with van der Waals surface area (Å²) in [4.78, 5) is 0. The molecule has 1 aromatic carbocycles. The topological polar surface area (TPSA) is 31.0 Å².